The Balaban J connectivity index is 2.17. The Morgan fingerprint density at radius 3 is 2.84 bits per heavy atom. The third-order valence-electron chi connectivity index (χ3n) is 3.04. The summed E-state index contributed by atoms with van der Waals surface area (Å²) in [6.45, 7) is 2.20. The Morgan fingerprint density at radius 1 is 1.47 bits per heavy atom. The highest BCUT2D eigenvalue weighted by molar-refractivity contribution is 8.00. The van der Waals surface area contributed by atoms with E-state index in [2.05, 4.69) is 5.32 Å². The van der Waals surface area contributed by atoms with Crippen LogP contribution in [0.25, 0.3) is 0 Å². The number of nitrogens with one attached hydrogen (secondary N) is 1. The van der Waals surface area contributed by atoms with Crippen molar-refractivity contribution in [3.05, 3.63) is 0 Å². The molecule has 110 valence electrons. The van der Waals surface area contributed by atoms with E-state index in [-0.39, 0.29) is 17.3 Å². The summed E-state index contributed by atoms with van der Waals surface area (Å²) in [6, 6.07) is -0.870. The number of thioether (sulfide) groups is 1. The van der Waals surface area contributed by atoms with Crippen LogP contribution in [0.1, 0.15) is 32.6 Å². The molecule has 0 radical (unpaired) electrons. The average Bonchev–Trinajstić information content (AvgIpc) is 2.67. The number of urea groups is 1. The van der Waals surface area contributed by atoms with Gasteiger partial charge in [0.15, 0.2) is 0 Å². The zero-order valence-corrected chi connectivity index (χ0v) is 11.9. The van der Waals surface area contributed by atoms with E-state index in [0.29, 0.717) is 18.8 Å². The quantitative estimate of drug-likeness (QED) is 0.471. The van der Waals surface area contributed by atoms with E-state index in [1.54, 1.807) is 18.7 Å². The summed E-state index contributed by atoms with van der Waals surface area (Å²) in [5.41, 5.74) is 5.04. The van der Waals surface area contributed by atoms with E-state index >= 15 is 0 Å². The monoisotopic (exact) mass is 290 g/mol. The second kappa shape index (κ2) is 8.27. The Morgan fingerprint density at radius 2 is 2.21 bits per heavy atom. The van der Waals surface area contributed by atoms with Crippen molar-refractivity contribution >= 4 is 23.8 Å². The van der Waals surface area contributed by atoms with Crippen LogP contribution < -0.4 is 11.1 Å². The molecule has 19 heavy (non-hydrogen) atoms. The van der Waals surface area contributed by atoms with Gasteiger partial charge in [0.2, 0.25) is 0 Å². The number of ether oxygens (including phenoxy) is 1. The number of rotatable bonds is 7. The van der Waals surface area contributed by atoms with Gasteiger partial charge in [-0.05, 0) is 19.8 Å². The van der Waals surface area contributed by atoms with Crippen molar-refractivity contribution in [2.24, 2.45) is 5.73 Å². The van der Waals surface area contributed by atoms with Gasteiger partial charge in [0.1, 0.15) is 0 Å². The second-order valence-corrected chi connectivity index (χ2v) is 5.80. The van der Waals surface area contributed by atoms with Crippen LogP contribution in [0.15, 0.2) is 0 Å². The minimum atomic E-state index is -0.604. The van der Waals surface area contributed by atoms with Crippen LogP contribution in [0.3, 0.4) is 0 Å². The number of hydrogen-bond acceptors (Lipinski definition) is 5. The summed E-state index contributed by atoms with van der Waals surface area (Å²) in [5.74, 6) is 0.502. The Labute approximate surface area is 117 Å². The number of carbonyl (C=O) groups excluding carboxylic acids is 2. The van der Waals surface area contributed by atoms with Crippen LogP contribution in [0.4, 0.5) is 4.79 Å². The van der Waals surface area contributed by atoms with Gasteiger partial charge in [0.25, 0.3) is 0 Å². The fraction of sp³-hybridized carbons (Fsp3) is 0.833. The van der Waals surface area contributed by atoms with Gasteiger partial charge >= 0.3 is 12.0 Å². The lowest BCUT2D eigenvalue weighted by molar-refractivity contribution is -0.143. The topological polar surface area (TPSA) is 102 Å². The number of primary amides is 1. The molecule has 3 atom stereocenters. The Bertz CT molecular complexity index is 314. The minimum absolute atomic E-state index is 0.0963. The lowest BCUT2D eigenvalue weighted by Crippen LogP contribution is -2.46. The lowest BCUT2D eigenvalue weighted by Gasteiger charge is -2.18. The van der Waals surface area contributed by atoms with Crippen molar-refractivity contribution in [2.75, 3.05) is 12.4 Å². The number of amides is 2. The first kappa shape index (κ1) is 16.1. The number of aliphatic hydroxyl groups is 1. The first-order valence-electron chi connectivity index (χ1n) is 6.55. The van der Waals surface area contributed by atoms with Crippen molar-refractivity contribution in [2.45, 2.75) is 50.0 Å². The van der Waals surface area contributed by atoms with Crippen molar-refractivity contribution in [3.8, 4) is 0 Å². The summed E-state index contributed by atoms with van der Waals surface area (Å²) in [7, 11) is 0. The SMILES string of the molecule is CCOC(=O)CCCC[C@H]1SC[C@@H](NC(N)=O)[C@H]1O. The molecule has 0 unspecified atom stereocenters. The second-order valence-electron chi connectivity index (χ2n) is 4.53. The van der Waals surface area contributed by atoms with Gasteiger partial charge in [-0.1, -0.05) is 6.42 Å². The summed E-state index contributed by atoms with van der Waals surface area (Å²) < 4.78 is 4.84. The maximum atomic E-state index is 11.1. The van der Waals surface area contributed by atoms with Crippen LogP contribution >= 0.6 is 11.8 Å². The highest BCUT2D eigenvalue weighted by Gasteiger charge is 2.35. The minimum Gasteiger partial charge on any atom is -0.466 e. The van der Waals surface area contributed by atoms with Crippen LogP contribution in [0.5, 0.6) is 0 Å². The first-order valence-corrected chi connectivity index (χ1v) is 7.60. The fourth-order valence-electron chi connectivity index (χ4n) is 2.10. The first-order chi connectivity index (χ1) is 9.04. The van der Waals surface area contributed by atoms with Gasteiger partial charge < -0.3 is 20.9 Å². The molecule has 1 saturated heterocycles. The molecule has 6 nitrogen and oxygen atoms in total. The molecule has 0 saturated carbocycles. The van der Waals surface area contributed by atoms with Crippen molar-refractivity contribution in [1.29, 1.82) is 0 Å². The molecule has 0 aromatic rings. The molecule has 0 aliphatic carbocycles. The molecule has 0 aromatic heterocycles. The predicted molar refractivity (Wildman–Crippen MR) is 73.9 cm³/mol. The van der Waals surface area contributed by atoms with E-state index in [0.717, 1.165) is 19.3 Å². The van der Waals surface area contributed by atoms with Crippen LogP contribution in [0, 0.1) is 0 Å². The van der Waals surface area contributed by atoms with E-state index in [1.165, 1.54) is 0 Å². The molecule has 0 bridgehead atoms. The fourth-order valence-corrected chi connectivity index (χ4v) is 3.55. The number of carbonyl (C=O) groups is 2. The van der Waals surface area contributed by atoms with Crippen LogP contribution in [-0.4, -0.2) is 46.9 Å². The molecule has 1 aliphatic heterocycles. The molecule has 1 fully saturated rings. The standard InChI is InChI=1S/C12H22N2O4S/c1-2-18-10(15)6-4-3-5-9-11(16)8(7-19-9)14-12(13)17/h8-9,11,16H,2-7H2,1H3,(H3,13,14,17)/t8-,9-,11-/m1/s1. The maximum Gasteiger partial charge on any atom is 0.312 e. The lowest BCUT2D eigenvalue weighted by atomic mass is 10.0. The van der Waals surface area contributed by atoms with Crippen LogP contribution in [-0.2, 0) is 9.53 Å². The average molecular weight is 290 g/mol. The van der Waals surface area contributed by atoms with Gasteiger partial charge in [-0.3, -0.25) is 4.79 Å². The maximum absolute atomic E-state index is 11.1. The molecular weight excluding hydrogens is 268 g/mol. The van der Waals surface area contributed by atoms with E-state index in [4.69, 9.17) is 10.5 Å². The Kier molecular flexibility index (Phi) is 7.01. The molecule has 1 heterocycles. The summed E-state index contributed by atoms with van der Waals surface area (Å²) in [6.07, 6.45) is 2.29. The summed E-state index contributed by atoms with van der Waals surface area (Å²) >= 11 is 1.63. The molecule has 7 heteroatoms. The van der Waals surface area contributed by atoms with Gasteiger partial charge in [0.05, 0.1) is 18.8 Å². The molecular formula is C12H22N2O4S. The predicted octanol–water partition coefficient (Wildman–Crippen LogP) is 0.623. The van der Waals surface area contributed by atoms with E-state index in [9.17, 15) is 14.7 Å². The summed E-state index contributed by atoms with van der Waals surface area (Å²) in [5, 5.41) is 12.6. The van der Waals surface area contributed by atoms with Crippen molar-refractivity contribution in [1.82, 2.24) is 5.32 Å². The van der Waals surface area contributed by atoms with Gasteiger partial charge in [-0.2, -0.15) is 11.8 Å². The normalized spacial score (nSPS) is 26.1. The summed E-state index contributed by atoms with van der Waals surface area (Å²) in [4.78, 5) is 21.9. The number of esters is 1. The van der Waals surface area contributed by atoms with Gasteiger partial charge in [-0.25, -0.2) is 4.79 Å². The zero-order valence-electron chi connectivity index (χ0n) is 11.1. The third-order valence-corrected chi connectivity index (χ3v) is 4.53. The number of unbranched alkanes of at least 4 members (excludes halogenated alkanes) is 1. The molecule has 1 aliphatic rings. The van der Waals surface area contributed by atoms with Gasteiger partial charge in [-0.15, -0.1) is 0 Å². The highest BCUT2D eigenvalue weighted by Crippen LogP contribution is 2.31. The Hall–Kier alpha value is -0.950. The number of hydrogen-bond donors (Lipinski definition) is 3. The highest BCUT2D eigenvalue weighted by atomic mass is 32.2. The molecule has 4 N–H and O–H groups in total. The third kappa shape index (κ3) is 5.69. The van der Waals surface area contributed by atoms with E-state index in [1.807, 2.05) is 0 Å². The van der Waals surface area contributed by atoms with Crippen molar-refractivity contribution < 1.29 is 19.4 Å². The molecule has 2 amide bonds. The molecule has 0 aromatic carbocycles. The number of nitrogens with two attached hydrogens (primary N) is 1. The smallest absolute Gasteiger partial charge is 0.312 e. The van der Waals surface area contributed by atoms with Crippen molar-refractivity contribution in [3.63, 3.8) is 0 Å². The largest absolute Gasteiger partial charge is 0.466 e. The van der Waals surface area contributed by atoms with E-state index < -0.39 is 12.1 Å². The van der Waals surface area contributed by atoms with Crippen LogP contribution in [0.2, 0.25) is 0 Å². The van der Waals surface area contributed by atoms with Gasteiger partial charge in [0, 0.05) is 17.4 Å². The molecule has 1 rings (SSSR count). The zero-order chi connectivity index (χ0) is 14.3. The molecule has 0 spiro atoms. The number of aliphatic hydroxyl groups excluding tert-OH is 1.